The van der Waals surface area contributed by atoms with E-state index in [1.54, 1.807) is 19.3 Å². The minimum absolute atomic E-state index is 0.0235. The van der Waals surface area contributed by atoms with Gasteiger partial charge in [-0.1, -0.05) is 12.1 Å². The molecule has 4 aromatic rings. The van der Waals surface area contributed by atoms with E-state index < -0.39 is 0 Å². The second kappa shape index (κ2) is 5.75. The number of rotatable bonds is 3. The Balaban J connectivity index is 1.71. The van der Waals surface area contributed by atoms with Gasteiger partial charge in [0, 0.05) is 11.1 Å². The Morgan fingerprint density at radius 1 is 1.16 bits per heavy atom. The van der Waals surface area contributed by atoms with Gasteiger partial charge >= 0.3 is 0 Å². The van der Waals surface area contributed by atoms with Crippen molar-refractivity contribution in [2.24, 2.45) is 5.10 Å². The molecule has 2 aromatic heterocycles. The predicted molar refractivity (Wildman–Crippen MR) is 94.0 cm³/mol. The summed E-state index contributed by atoms with van der Waals surface area (Å²) in [6.45, 7) is 1.63. The Bertz CT molecular complexity index is 1120. The molecule has 0 saturated heterocycles. The largest absolute Gasteiger partial charge is 0.508 e. The molecule has 0 unspecified atom stereocenters. The lowest BCUT2D eigenvalue weighted by atomic mass is 10.1. The number of phenolic OH excluding ortho intramolecular Hbond substituents is 2. The zero-order valence-electron chi connectivity index (χ0n) is 13.2. The number of anilines is 1. The highest BCUT2D eigenvalue weighted by atomic mass is 16.3. The highest BCUT2D eigenvalue weighted by Crippen LogP contribution is 2.28. The second-order valence-corrected chi connectivity index (χ2v) is 5.49. The smallest absolute Gasteiger partial charge is 0.205 e. The van der Waals surface area contributed by atoms with Crippen LogP contribution in [0.1, 0.15) is 11.1 Å². The number of para-hydroxylation sites is 2. The first-order chi connectivity index (χ1) is 12.1. The van der Waals surface area contributed by atoms with Crippen LogP contribution in [0.3, 0.4) is 0 Å². The SMILES string of the molecule is Cc1c(O)ccc(/C=N\Nc2nc3ccccc3n3cnnc23)c1O. The number of benzene rings is 2. The van der Waals surface area contributed by atoms with E-state index in [9.17, 15) is 10.2 Å². The molecule has 0 bridgehead atoms. The van der Waals surface area contributed by atoms with Crippen molar-refractivity contribution in [2.75, 3.05) is 5.43 Å². The van der Waals surface area contributed by atoms with Crippen LogP contribution in [0.25, 0.3) is 16.7 Å². The van der Waals surface area contributed by atoms with Crippen molar-refractivity contribution in [1.29, 1.82) is 0 Å². The van der Waals surface area contributed by atoms with Crippen LogP contribution in [0, 0.1) is 6.92 Å². The number of nitrogens with one attached hydrogen (secondary N) is 1. The summed E-state index contributed by atoms with van der Waals surface area (Å²) >= 11 is 0. The third kappa shape index (κ3) is 2.49. The fourth-order valence-corrected chi connectivity index (χ4v) is 2.56. The molecular weight excluding hydrogens is 320 g/mol. The molecule has 3 N–H and O–H groups in total. The summed E-state index contributed by atoms with van der Waals surface area (Å²) in [5, 5.41) is 31.7. The third-order valence-electron chi connectivity index (χ3n) is 3.94. The van der Waals surface area contributed by atoms with Crippen LogP contribution >= 0.6 is 0 Å². The quantitative estimate of drug-likeness (QED) is 0.392. The Labute approximate surface area is 142 Å². The van der Waals surface area contributed by atoms with Crippen LogP contribution in [0.2, 0.25) is 0 Å². The van der Waals surface area contributed by atoms with Crippen molar-refractivity contribution in [3.63, 3.8) is 0 Å². The van der Waals surface area contributed by atoms with Gasteiger partial charge in [0.1, 0.15) is 17.8 Å². The van der Waals surface area contributed by atoms with Crippen molar-refractivity contribution in [3.8, 4) is 11.5 Å². The van der Waals surface area contributed by atoms with Crippen LogP contribution in [0.5, 0.6) is 11.5 Å². The van der Waals surface area contributed by atoms with Gasteiger partial charge in [-0.3, -0.25) is 9.83 Å². The zero-order chi connectivity index (χ0) is 17.4. The Hall–Kier alpha value is -3.68. The molecule has 0 fully saturated rings. The van der Waals surface area contributed by atoms with Gasteiger partial charge in [0.2, 0.25) is 5.65 Å². The Kier molecular flexibility index (Phi) is 3.42. The van der Waals surface area contributed by atoms with E-state index in [1.807, 2.05) is 28.7 Å². The summed E-state index contributed by atoms with van der Waals surface area (Å²) in [5.41, 5.74) is 5.92. The normalized spacial score (nSPS) is 11.6. The molecule has 0 atom stereocenters. The monoisotopic (exact) mass is 334 g/mol. The molecule has 124 valence electrons. The minimum Gasteiger partial charge on any atom is -0.508 e. The average Bonchev–Trinajstić information content (AvgIpc) is 3.12. The molecule has 0 amide bonds. The first kappa shape index (κ1) is 14.9. The van der Waals surface area contributed by atoms with Gasteiger partial charge in [-0.15, -0.1) is 10.2 Å². The molecule has 0 aliphatic rings. The zero-order valence-corrected chi connectivity index (χ0v) is 13.2. The highest BCUT2D eigenvalue weighted by Gasteiger charge is 2.10. The highest BCUT2D eigenvalue weighted by molar-refractivity contribution is 5.86. The number of nitrogens with zero attached hydrogens (tertiary/aromatic N) is 5. The molecular formula is C17H14N6O2. The third-order valence-corrected chi connectivity index (χ3v) is 3.94. The lowest BCUT2D eigenvalue weighted by molar-refractivity contribution is 0.443. The van der Waals surface area contributed by atoms with Gasteiger partial charge in [-0.25, -0.2) is 4.98 Å². The fraction of sp³-hybridized carbons (Fsp3) is 0.0588. The molecule has 8 nitrogen and oxygen atoms in total. The van der Waals surface area contributed by atoms with Crippen LogP contribution in [-0.4, -0.2) is 36.0 Å². The minimum atomic E-state index is -0.0235. The van der Waals surface area contributed by atoms with E-state index in [0.717, 1.165) is 11.0 Å². The molecule has 25 heavy (non-hydrogen) atoms. The van der Waals surface area contributed by atoms with Crippen LogP contribution in [0.4, 0.5) is 5.82 Å². The summed E-state index contributed by atoms with van der Waals surface area (Å²) in [7, 11) is 0. The number of phenols is 2. The van der Waals surface area contributed by atoms with E-state index >= 15 is 0 Å². The maximum absolute atomic E-state index is 10.0. The van der Waals surface area contributed by atoms with Gasteiger partial charge in [0.05, 0.1) is 17.2 Å². The fourth-order valence-electron chi connectivity index (χ4n) is 2.56. The van der Waals surface area contributed by atoms with Gasteiger partial charge in [0.25, 0.3) is 0 Å². The summed E-state index contributed by atoms with van der Waals surface area (Å²) in [6, 6.07) is 10.7. The van der Waals surface area contributed by atoms with Crippen molar-refractivity contribution in [2.45, 2.75) is 6.92 Å². The summed E-state index contributed by atoms with van der Waals surface area (Å²) in [6.07, 6.45) is 3.06. The molecule has 0 saturated carbocycles. The first-order valence-corrected chi connectivity index (χ1v) is 7.54. The molecule has 2 heterocycles. The predicted octanol–water partition coefficient (Wildman–Crippen LogP) is 2.44. The van der Waals surface area contributed by atoms with E-state index in [2.05, 4.69) is 25.7 Å². The lowest BCUT2D eigenvalue weighted by Gasteiger charge is -2.06. The molecule has 4 rings (SSSR count). The standard InChI is InChI=1S/C17H14N6O2/c1-10-14(24)7-6-11(15(10)25)8-18-21-16-17-22-19-9-23(17)13-5-3-2-4-12(13)20-16/h2-9,24-25H,1H3,(H,20,21)/b18-8-. The van der Waals surface area contributed by atoms with Crippen LogP contribution in [-0.2, 0) is 0 Å². The summed E-state index contributed by atoms with van der Waals surface area (Å²) < 4.78 is 1.82. The molecule has 0 radical (unpaired) electrons. The van der Waals surface area contributed by atoms with E-state index in [1.165, 1.54) is 12.3 Å². The summed E-state index contributed by atoms with van der Waals surface area (Å²) in [5.74, 6) is 0.455. The van der Waals surface area contributed by atoms with Crippen molar-refractivity contribution >= 4 is 28.7 Å². The Morgan fingerprint density at radius 3 is 2.88 bits per heavy atom. The molecule has 2 aromatic carbocycles. The maximum Gasteiger partial charge on any atom is 0.205 e. The number of fused-ring (bicyclic) bond motifs is 3. The number of aromatic hydroxyl groups is 2. The average molecular weight is 334 g/mol. The van der Waals surface area contributed by atoms with Crippen LogP contribution in [0.15, 0.2) is 47.8 Å². The molecule has 0 aliphatic carbocycles. The summed E-state index contributed by atoms with van der Waals surface area (Å²) in [4.78, 5) is 4.51. The van der Waals surface area contributed by atoms with Gasteiger partial charge in [-0.2, -0.15) is 5.10 Å². The Morgan fingerprint density at radius 2 is 2.00 bits per heavy atom. The van der Waals surface area contributed by atoms with Crippen molar-refractivity contribution < 1.29 is 10.2 Å². The van der Waals surface area contributed by atoms with Gasteiger partial charge in [-0.05, 0) is 31.2 Å². The molecule has 8 heteroatoms. The number of aromatic nitrogens is 4. The second-order valence-electron chi connectivity index (χ2n) is 5.49. The van der Waals surface area contributed by atoms with Gasteiger partial charge in [0.15, 0.2) is 5.82 Å². The van der Waals surface area contributed by atoms with E-state index in [0.29, 0.717) is 22.6 Å². The maximum atomic E-state index is 10.0. The first-order valence-electron chi connectivity index (χ1n) is 7.54. The van der Waals surface area contributed by atoms with Gasteiger partial charge < -0.3 is 10.2 Å². The van der Waals surface area contributed by atoms with Crippen molar-refractivity contribution in [1.82, 2.24) is 19.6 Å². The molecule has 0 spiro atoms. The number of hydrogen-bond acceptors (Lipinski definition) is 7. The van der Waals surface area contributed by atoms with Crippen LogP contribution < -0.4 is 5.43 Å². The van der Waals surface area contributed by atoms with E-state index in [-0.39, 0.29) is 11.5 Å². The molecule has 0 aliphatic heterocycles. The van der Waals surface area contributed by atoms with E-state index in [4.69, 9.17) is 0 Å². The topological polar surface area (TPSA) is 108 Å². The number of hydrogen-bond donors (Lipinski definition) is 3. The lowest BCUT2D eigenvalue weighted by Crippen LogP contribution is -2.00. The number of hydrazone groups is 1. The van der Waals surface area contributed by atoms with Crippen molar-refractivity contribution in [3.05, 3.63) is 53.9 Å².